The van der Waals surface area contributed by atoms with E-state index >= 15 is 0 Å². The van der Waals surface area contributed by atoms with Gasteiger partial charge >= 0.3 is 6.09 Å². The lowest BCUT2D eigenvalue weighted by atomic mass is 10.1. The van der Waals surface area contributed by atoms with Crippen molar-refractivity contribution >= 4 is 17.9 Å². The summed E-state index contributed by atoms with van der Waals surface area (Å²) in [5.41, 5.74) is 0. The van der Waals surface area contributed by atoms with E-state index in [4.69, 9.17) is 4.74 Å². The molecule has 0 aromatic rings. The standard InChI is InChI=1S/C15H27N3O5/c1-9(2)16-13(19)11-7-6-8-18(11)14(20)12(10(3)22-4)17-15(21)23-5/h9-12H,6-8H2,1-5H3,(H,16,19)(H,17,21)/t10-,11-,12-/m0/s1. The van der Waals surface area contributed by atoms with E-state index < -0.39 is 24.3 Å². The van der Waals surface area contributed by atoms with Crippen LogP contribution in [0.4, 0.5) is 4.79 Å². The number of carbonyl (C=O) groups excluding carboxylic acids is 3. The Labute approximate surface area is 136 Å². The Hall–Kier alpha value is -1.83. The Balaban J connectivity index is 2.88. The van der Waals surface area contributed by atoms with Crippen molar-refractivity contribution in [2.75, 3.05) is 20.8 Å². The van der Waals surface area contributed by atoms with Crippen LogP contribution in [-0.2, 0) is 19.1 Å². The molecule has 0 spiro atoms. The van der Waals surface area contributed by atoms with Gasteiger partial charge in [-0.1, -0.05) is 0 Å². The summed E-state index contributed by atoms with van der Waals surface area (Å²) in [5, 5.41) is 5.31. The van der Waals surface area contributed by atoms with Gasteiger partial charge in [-0.25, -0.2) is 4.79 Å². The molecule has 0 aliphatic carbocycles. The van der Waals surface area contributed by atoms with Gasteiger partial charge in [-0.2, -0.15) is 0 Å². The molecular weight excluding hydrogens is 302 g/mol. The summed E-state index contributed by atoms with van der Waals surface area (Å²) in [6.07, 6.45) is 0.0933. The average molecular weight is 329 g/mol. The quantitative estimate of drug-likeness (QED) is 0.729. The highest BCUT2D eigenvalue weighted by molar-refractivity contribution is 5.92. The Bertz CT molecular complexity index is 441. The summed E-state index contributed by atoms with van der Waals surface area (Å²) in [5.74, 6) is -0.515. The molecule has 1 saturated heterocycles. The number of carbonyl (C=O) groups is 3. The number of hydrogen-bond donors (Lipinski definition) is 2. The van der Waals surface area contributed by atoms with Crippen molar-refractivity contribution in [1.29, 1.82) is 0 Å². The van der Waals surface area contributed by atoms with Gasteiger partial charge in [0.2, 0.25) is 11.8 Å². The van der Waals surface area contributed by atoms with Gasteiger partial charge in [-0.3, -0.25) is 9.59 Å². The number of nitrogens with one attached hydrogen (secondary N) is 2. The molecule has 0 aromatic heterocycles. The Morgan fingerprint density at radius 2 is 1.78 bits per heavy atom. The molecule has 0 unspecified atom stereocenters. The molecule has 0 aromatic carbocycles. The molecular formula is C15H27N3O5. The van der Waals surface area contributed by atoms with Crippen LogP contribution in [0.3, 0.4) is 0 Å². The molecule has 2 N–H and O–H groups in total. The number of nitrogens with zero attached hydrogens (tertiary/aromatic N) is 1. The predicted octanol–water partition coefficient (Wildman–Crippen LogP) is 0.262. The lowest BCUT2D eigenvalue weighted by molar-refractivity contribution is -0.142. The highest BCUT2D eigenvalue weighted by Crippen LogP contribution is 2.20. The fourth-order valence-corrected chi connectivity index (χ4v) is 2.56. The maximum atomic E-state index is 12.8. The van der Waals surface area contributed by atoms with Crippen LogP contribution in [0.1, 0.15) is 33.6 Å². The zero-order valence-corrected chi connectivity index (χ0v) is 14.4. The van der Waals surface area contributed by atoms with Crippen molar-refractivity contribution in [2.24, 2.45) is 0 Å². The van der Waals surface area contributed by atoms with Crippen LogP contribution in [0.5, 0.6) is 0 Å². The third kappa shape index (κ3) is 5.09. The molecule has 0 radical (unpaired) electrons. The molecule has 0 saturated carbocycles. The third-order valence-electron chi connectivity index (χ3n) is 3.84. The first-order chi connectivity index (χ1) is 10.8. The second-order valence-electron chi connectivity index (χ2n) is 5.91. The predicted molar refractivity (Wildman–Crippen MR) is 83.8 cm³/mol. The van der Waals surface area contributed by atoms with Crippen molar-refractivity contribution in [3.8, 4) is 0 Å². The largest absolute Gasteiger partial charge is 0.453 e. The summed E-state index contributed by atoms with van der Waals surface area (Å²) in [6.45, 7) is 5.89. The molecule has 8 heteroatoms. The maximum absolute atomic E-state index is 12.8. The first-order valence-corrected chi connectivity index (χ1v) is 7.80. The molecule has 1 fully saturated rings. The second-order valence-corrected chi connectivity index (χ2v) is 5.91. The van der Waals surface area contributed by atoms with Gasteiger partial charge in [0.05, 0.1) is 13.2 Å². The maximum Gasteiger partial charge on any atom is 0.407 e. The van der Waals surface area contributed by atoms with Crippen LogP contribution in [-0.4, -0.2) is 67.8 Å². The first kappa shape index (κ1) is 19.2. The highest BCUT2D eigenvalue weighted by atomic mass is 16.5. The molecule has 0 bridgehead atoms. The van der Waals surface area contributed by atoms with Crippen LogP contribution in [0.25, 0.3) is 0 Å². The van der Waals surface area contributed by atoms with Crippen molar-refractivity contribution in [2.45, 2.75) is 57.8 Å². The van der Waals surface area contributed by atoms with Crippen LogP contribution in [0.2, 0.25) is 0 Å². The number of amides is 3. The van der Waals surface area contributed by atoms with E-state index in [2.05, 4.69) is 15.4 Å². The van der Waals surface area contributed by atoms with E-state index in [1.165, 1.54) is 19.1 Å². The summed E-state index contributed by atoms with van der Waals surface area (Å²) in [4.78, 5) is 38.0. The van der Waals surface area contributed by atoms with Crippen molar-refractivity contribution < 1.29 is 23.9 Å². The minimum atomic E-state index is -0.903. The normalized spacial score (nSPS) is 20.1. The second kappa shape index (κ2) is 8.71. The molecule has 23 heavy (non-hydrogen) atoms. The Morgan fingerprint density at radius 3 is 2.30 bits per heavy atom. The van der Waals surface area contributed by atoms with Crippen LogP contribution in [0.15, 0.2) is 0 Å². The van der Waals surface area contributed by atoms with Gasteiger partial charge in [0.25, 0.3) is 0 Å². The first-order valence-electron chi connectivity index (χ1n) is 7.80. The molecule has 3 atom stereocenters. The van der Waals surface area contributed by atoms with Gasteiger partial charge in [0, 0.05) is 19.7 Å². The topological polar surface area (TPSA) is 97.0 Å². The van der Waals surface area contributed by atoms with Crippen molar-refractivity contribution in [3.63, 3.8) is 0 Å². The van der Waals surface area contributed by atoms with E-state index in [-0.39, 0.29) is 17.9 Å². The van der Waals surface area contributed by atoms with Gasteiger partial charge in [0.15, 0.2) is 0 Å². The molecule has 3 amide bonds. The number of alkyl carbamates (subject to hydrolysis) is 1. The SMILES string of the molecule is COC(=O)N[C@H](C(=O)N1CCC[C@H]1C(=O)NC(C)C)[C@H](C)OC. The fraction of sp³-hybridized carbons (Fsp3) is 0.800. The summed E-state index contributed by atoms with van der Waals surface area (Å²) in [7, 11) is 2.68. The van der Waals surface area contributed by atoms with Gasteiger partial charge < -0.3 is 25.0 Å². The summed E-state index contributed by atoms with van der Waals surface area (Å²) in [6, 6.07) is -1.42. The lowest BCUT2D eigenvalue weighted by Gasteiger charge is -2.31. The monoisotopic (exact) mass is 329 g/mol. The van der Waals surface area contributed by atoms with Crippen molar-refractivity contribution in [3.05, 3.63) is 0 Å². The third-order valence-corrected chi connectivity index (χ3v) is 3.84. The zero-order valence-electron chi connectivity index (χ0n) is 14.4. The molecule has 1 aliphatic rings. The van der Waals surface area contributed by atoms with Crippen molar-refractivity contribution in [1.82, 2.24) is 15.5 Å². The number of rotatable bonds is 6. The number of likely N-dealkylation sites (tertiary alicyclic amines) is 1. The number of methoxy groups -OCH3 is 2. The molecule has 1 rings (SSSR count). The average Bonchev–Trinajstić information content (AvgIpc) is 2.99. The Morgan fingerprint density at radius 1 is 1.13 bits per heavy atom. The lowest BCUT2D eigenvalue weighted by Crippen LogP contribution is -2.57. The van der Waals surface area contributed by atoms with E-state index in [0.717, 1.165) is 6.42 Å². The van der Waals surface area contributed by atoms with E-state index in [0.29, 0.717) is 13.0 Å². The number of hydrogen-bond acceptors (Lipinski definition) is 5. The summed E-state index contributed by atoms with van der Waals surface area (Å²) >= 11 is 0. The molecule has 1 heterocycles. The van der Waals surface area contributed by atoms with Crippen LogP contribution >= 0.6 is 0 Å². The minimum Gasteiger partial charge on any atom is -0.453 e. The molecule has 8 nitrogen and oxygen atoms in total. The van der Waals surface area contributed by atoms with Crippen LogP contribution in [0, 0.1) is 0 Å². The number of ether oxygens (including phenoxy) is 2. The smallest absolute Gasteiger partial charge is 0.407 e. The van der Waals surface area contributed by atoms with Gasteiger partial charge in [-0.15, -0.1) is 0 Å². The molecule has 1 aliphatic heterocycles. The zero-order chi connectivity index (χ0) is 17.6. The Kier molecular flexibility index (Phi) is 7.28. The highest BCUT2D eigenvalue weighted by Gasteiger charge is 2.39. The van der Waals surface area contributed by atoms with Gasteiger partial charge in [0.1, 0.15) is 12.1 Å². The van der Waals surface area contributed by atoms with Gasteiger partial charge in [-0.05, 0) is 33.6 Å². The fourth-order valence-electron chi connectivity index (χ4n) is 2.56. The van der Waals surface area contributed by atoms with E-state index in [1.54, 1.807) is 6.92 Å². The van der Waals surface area contributed by atoms with E-state index in [1.807, 2.05) is 13.8 Å². The molecule has 132 valence electrons. The summed E-state index contributed by atoms with van der Waals surface area (Å²) < 4.78 is 9.74. The minimum absolute atomic E-state index is 0.00180. The van der Waals surface area contributed by atoms with Crippen LogP contribution < -0.4 is 10.6 Å². The van der Waals surface area contributed by atoms with E-state index in [9.17, 15) is 14.4 Å².